The van der Waals surface area contributed by atoms with Crippen LogP contribution in [0.3, 0.4) is 0 Å². The van der Waals surface area contributed by atoms with Crippen molar-refractivity contribution in [2.24, 2.45) is 0 Å². The van der Waals surface area contributed by atoms with Crippen molar-refractivity contribution in [1.29, 1.82) is 0 Å². The van der Waals surface area contributed by atoms with Gasteiger partial charge in [0.05, 0.1) is 7.11 Å². The van der Waals surface area contributed by atoms with Gasteiger partial charge in [0.2, 0.25) is 0 Å². The first kappa shape index (κ1) is 21.9. The number of rotatable bonds is 5. The average molecular weight is 434 g/mol. The maximum Gasteiger partial charge on any atom is 0.410 e. The van der Waals surface area contributed by atoms with Gasteiger partial charge in [-0.1, -0.05) is 50.2 Å². The Morgan fingerprint density at radius 1 is 1.03 bits per heavy atom. The Morgan fingerprint density at radius 3 is 2.38 bits per heavy atom. The molecule has 0 atom stereocenters. The molecule has 0 unspecified atom stereocenters. The van der Waals surface area contributed by atoms with Crippen LogP contribution in [0.5, 0.6) is 5.75 Å². The number of amides is 1. The van der Waals surface area contributed by atoms with E-state index in [0.717, 1.165) is 33.4 Å². The van der Waals surface area contributed by atoms with Crippen LogP contribution < -0.4 is 4.74 Å². The van der Waals surface area contributed by atoms with E-state index in [1.807, 2.05) is 57.2 Å². The van der Waals surface area contributed by atoms with Gasteiger partial charge in [-0.15, -0.1) is 0 Å². The second-order valence-electron chi connectivity index (χ2n) is 8.56. The molecule has 1 aliphatic rings. The van der Waals surface area contributed by atoms with Crippen LogP contribution in [0.25, 0.3) is 11.1 Å². The third kappa shape index (κ3) is 4.33. The van der Waals surface area contributed by atoms with Gasteiger partial charge in [-0.2, -0.15) is 0 Å². The van der Waals surface area contributed by atoms with E-state index < -0.39 is 0 Å². The lowest BCUT2D eigenvalue weighted by molar-refractivity contribution is 0.0955. The Morgan fingerprint density at radius 2 is 1.72 bits per heavy atom. The summed E-state index contributed by atoms with van der Waals surface area (Å²) >= 11 is 0. The summed E-state index contributed by atoms with van der Waals surface area (Å²) in [5.74, 6) is 0.308. The SMILES string of the molecule is COc1cc(F)c(C(C)C)cc1-c1cc2c(cc1C)CN(C(=O)OCc1ccccc1)C2. The topological polar surface area (TPSA) is 38.8 Å². The average Bonchev–Trinajstić information content (AvgIpc) is 3.20. The molecule has 5 heteroatoms. The van der Waals surface area contributed by atoms with Gasteiger partial charge in [0, 0.05) is 24.7 Å². The number of hydrogen-bond donors (Lipinski definition) is 0. The monoisotopic (exact) mass is 433 g/mol. The molecule has 4 nitrogen and oxygen atoms in total. The summed E-state index contributed by atoms with van der Waals surface area (Å²) in [4.78, 5) is 14.3. The third-order valence-corrected chi connectivity index (χ3v) is 5.96. The van der Waals surface area contributed by atoms with Crippen molar-refractivity contribution >= 4 is 6.09 Å². The second kappa shape index (κ2) is 9.03. The molecule has 0 aromatic heterocycles. The molecule has 0 saturated heterocycles. The van der Waals surface area contributed by atoms with E-state index in [2.05, 4.69) is 12.1 Å². The Labute approximate surface area is 188 Å². The quantitative estimate of drug-likeness (QED) is 0.456. The van der Waals surface area contributed by atoms with Gasteiger partial charge in [0.15, 0.2) is 0 Å². The molecule has 1 amide bonds. The molecule has 32 heavy (non-hydrogen) atoms. The van der Waals surface area contributed by atoms with Crippen LogP contribution in [-0.4, -0.2) is 18.1 Å². The summed E-state index contributed by atoms with van der Waals surface area (Å²) in [6.07, 6.45) is -0.328. The van der Waals surface area contributed by atoms with E-state index in [9.17, 15) is 9.18 Å². The molecule has 0 N–H and O–H groups in total. The first-order valence-corrected chi connectivity index (χ1v) is 10.8. The third-order valence-electron chi connectivity index (χ3n) is 5.96. The normalized spacial score (nSPS) is 12.8. The van der Waals surface area contributed by atoms with Gasteiger partial charge in [0.1, 0.15) is 18.2 Å². The minimum absolute atomic E-state index is 0.0595. The summed E-state index contributed by atoms with van der Waals surface area (Å²) in [5, 5.41) is 0. The number of carbonyl (C=O) groups is 1. The van der Waals surface area contributed by atoms with Crippen LogP contribution in [0, 0.1) is 12.7 Å². The number of benzene rings is 3. The van der Waals surface area contributed by atoms with E-state index in [1.54, 1.807) is 12.0 Å². The fraction of sp³-hybridized carbons (Fsp3) is 0.296. The molecule has 0 spiro atoms. The number of halogens is 1. The number of ether oxygens (including phenoxy) is 2. The number of carbonyl (C=O) groups excluding carboxylic acids is 1. The highest BCUT2D eigenvalue weighted by Crippen LogP contribution is 2.39. The van der Waals surface area contributed by atoms with E-state index in [0.29, 0.717) is 24.4 Å². The van der Waals surface area contributed by atoms with Crippen molar-refractivity contribution in [2.45, 2.75) is 46.4 Å². The Kier molecular flexibility index (Phi) is 6.17. The minimum atomic E-state index is -0.328. The van der Waals surface area contributed by atoms with Gasteiger partial charge in [0.25, 0.3) is 0 Å². The Balaban J connectivity index is 1.58. The zero-order valence-corrected chi connectivity index (χ0v) is 18.9. The minimum Gasteiger partial charge on any atom is -0.496 e. The lowest BCUT2D eigenvalue weighted by atomic mass is 9.91. The summed E-state index contributed by atoms with van der Waals surface area (Å²) in [7, 11) is 1.56. The summed E-state index contributed by atoms with van der Waals surface area (Å²) < 4.78 is 25.5. The van der Waals surface area contributed by atoms with Crippen LogP contribution in [0.4, 0.5) is 9.18 Å². The van der Waals surface area contributed by atoms with Crippen molar-refractivity contribution in [2.75, 3.05) is 7.11 Å². The van der Waals surface area contributed by atoms with Crippen molar-refractivity contribution in [3.8, 4) is 16.9 Å². The maximum absolute atomic E-state index is 14.5. The predicted octanol–water partition coefficient (Wildman–Crippen LogP) is 6.59. The van der Waals surface area contributed by atoms with Gasteiger partial charge in [-0.25, -0.2) is 9.18 Å². The summed E-state index contributed by atoms with van der Waals surface area (Å²) in [6.45, 7) is 7.23. The highest BCUT2D eigenvalue weighted by molar-refractivity contribution is 5.76. The van der Waals surface area contributed by atoms with Crippen molar-refractivity contribution in [1.82, 2.24) is 4.90 Å². The van der Waals surface area contributed by atoms with Gasteiger partial charge < -0.3 is 9.47 Å². The van der Waals surface area contributed by atoms with Crippen LogP contribution in [0.1, 0.15) is 47.6 Å². The van der Waals surface area contributed by atoms with Crippen LogP contribution in [0.2, 0.25) is 0 Å². The lowest BCUT2D eigenvalue weighted by Crippen LogP contribution is -2.25. The van der Waals surface area contributed by atoms with Crippen LogP contribution in [-0.2, 0) is 24.4 Å². The molecule has 0 bridgehead atoms. The van der Waals surface area contributed by atoms with Gasteiger partial charge >= 0.3 is 6.09 Å². The van der Waals surface area contributed by atoms with Gasteiger partial charge in [-0.05, 0) is 58.4 Å². The van der Waals surface area contributed by atoms with Crippen LogP contribution in [0.15, 0.2) is 54.6 Å². The van der Waals surface area contributed by atoms with Crippen molar-refractivity contribution < 1.29 is 18.7 Å². The van der Waals surface area contributed by atoms with E-state index in [4.69, 9.17) is 9.47 Å². The van der Waals surface area contributed by atoms with Crippen molar-refractivity contribution in [3.63, 3.8) is 0 Å². The number of hydrogen-bond acceptors (Lipinski definition) is 3. The molecule has 0 saturated carbocycles. The van der Waals surface area contributed by atoms with E-state index in [-0.39, 0.29) is 24.4 Å². The first-order chi connectivity index (χ1) is 15.4. The lowest BCUT2D eigenvalue weighted by Gasteiger charge is -2.17. The van der Waals surface area contributed by atoms with E-state index in [1.165, 1.54) is 6.07 Å². The number of nitrogens with zero attached hydrogens (tertiary/aromatic N) is 1. The molecule has 0 radical (unpaired) electrons. The molecule has 1 aliphatic heterocycles. The smallest absolute Gasteiger partial charge is 0.410 e. The molecule has 1 heterocycles. The number of methoxy groups -OCH3 is 1. The zero-order valence-electron chi connectivity index (χ0n) is 18.9. The molecular weight excluding hydrogens is 405 g/mol. The number of fused-ring (bicyclic) bond motifs is 1. The molecule has 3 aromatic rings. The highest BCUT2D eigenvalue weighted by Gasteiger charge is 2.26. The first-order valence-electron chi connectivity index (χ1n) is 10.8. The molecule has 4 rings (SSSR count). The van der Waals surface area contributed by atoms with Gasteiger partial charge in [-0.3, -0.25) is 4.90 Å². The molecular formula is C27H28FNO3. The Hall–Kier alpha value is -3.34. The van der Waals surface area contributed by atoms with E-state index >= 15 is 0 Å². The summed E-state index contributed by atoms with van der Waals surface area (Å²) in [6, 6.07) is 17.2. The van der Waals surface area contributed by atoms with Crippen molar-refractivity contribution in [3.05, 3.63) is 88.2 Å². The molecule has 166 valence electrons. The predicted molar refractivity (Wildman–Crippen MR) is 123 cm³/mol. The summed E-state index contributed by atoms with van der Waals surface area (Å²) in [5.41, 5.74) is 6.70. The molecule has 3 aromatic carbocycles. The standard InChI is InChI=1S/C27H28FNO3/c1-17(2)22-12-24(26(31-4)13-25(22)28)23-11-21-15-29(14-20(21)10-18(23)3)27(30)32-16-19-8-6-5-7-9-19/h5-13,17H,14-16H2,1-4H3. The maximum atomic E-state index is 14.5. The molecule has 0 fully saturated rings. The second-order valence-corrected chi connectivity index (χ2v) is 8.56. The highest BCUT2D eigenvalue weighted by atomic mass is 19.1. The zero-order chi connectivity index (χ0) is 22.8. The number of aryl methyl sites for hydroxylation is 1. The molecule has 0 aliphatic carbocycles. The fourth-order valence-electron chi connectivity index (χ4n) is 4.20. The fourth-order valence-corrected chi connectivity index (χ4v) is 4.20. The largest absolute Gasteiger partial charge is 0.496 e. The Bertz CT molecular complexity index is 1140. The van der Waals surface area contributed by atoms with Crippen LogP contribution >= 0.6 is 0 Å².